The first-order valence-corrected chi connectivity index (χ1v) is 12.6. The summed E-state index contributed by atoms with van der Waals surface area (Å²) in [5.74, 6) is 2.71. The number of likely N-dealkylation sites (tertiary alicyclic amines) is 1. The summed E-state index contributed by atoms with van der Waals surface area (Å²) in [5.41, 5.74) is 5.59. The van der Waals surface area contributed by atoms with Crippen LogP contribution in [-0.4, -0.2) is 56.5 Å². The quantitative estimate of drug-likeness (QED) is 0.733. The molecule has 2 amide bonds. The molecule has 6 rings (SSSR count). The topological polar surface area (TPSA) is 95.1 Å². The van der Waals surface area contributed by atoms with Crippen molar-refractivity contribution in [3.63, 3.8) is 0 Å². The lowest BCUT2D eigenvalue weighted by Gasteiger charge is -2.19. The number of aromatic nitrogens is 4. The SMILES string of the molecule is Cc1nc([C@H]2CCN(C(=O)CCc3n[nH]c4c3CCCC4)C2)nc2c1CC(=O)N2CC1CC1. The average Bonchev–Trinajstić information content (AvgIpc) is 3.20. The summed E-state index contributed by atoms with van der Waals surface area (Å²) in [7, 11) is 0. The van der Waals surface area contributed by atoms with Crippen LogP contribution in [0, 0.1) is 12.8 Å². The number of nitrogens with one attached hydrogen (secondary N) is 1. The van der Waals surface area contributed by atoms with Crippen molar-refractivity contribution in [1.29, 1.82) is 0 Å². The number of fused-ring (bicyclic) bond motifs is 2. The largest absolute Gasteiger partial charge is 0.342 e. The Balaban J connectivity index is 1.12. The van der Waals surface area contributed by atoms with Crippen LogP contribution in [0.5, 0.6) is 0 Å². The van der Waals surface area contributed by atoms with Crippen molar-refractivity contribution >= 4 is 17.6 Å². The van der Waals surface area contributed by atoms with Crippen LogP contribution in [0.25, 0.3) is 0 Å². The van der Waals surface area contributed by atoms with E-state index in [1.165, 1.54) is 36.9 Å². The number of anilines is 1. The molecule has 4 heterocycles. The monoisotopic (exact) mass is 448 g/mol. The molecular formula is C25H32N6O2. The Labute approximate surface area is 194 Å². The summed E-state index contributed by atoms with van der Waals surface area (Å²) in [4.78, 5) is 39.0. The molecule has 1 saturated carbocycles. The standard InChI is InChI=1S/C25H32N6O2/c1-15-19-12-23(33)31(13-16-6-7-16)25(19)27-24(26-15)17-10-11-30(14-17)22(32)9-8-21-18-4-2-3-5-20(18)28-29-21/h16-17H,2-14H2,1H3,(H,28,29)/t17-/m0/s1. The highest BCUT2D eigenvalue weighted by Crippen LogP contribution is 2.37. The fourth-order valence-electron chi connectivity index (χ4n) is 5.66. The number of H-pyrrole nitrogens is 1. The predicted octanol–water partition coefficient (Wildman–Crippen LogP) is 2.63. The van der Waals surface area contributed by atoms with E-state index in [0.29, 0.717) is 31.7 Å². The Morgan fingerprint density at radius 2 is 1.97 bits per heavy atom. The van der Waals surface area contributed by atoms with E-state index in [0.717, 1.165) is 60.9 Å². The smallest absolute Gasteiger partial charge is 0.232 e. The van der Waals surface area contributed by atoms with Gasteiger partial charge < -0.3 is 4.90 Å². The Kier molecular flexibility index (Phi) is 5.18. The molecule has 2 aromatic heterocycles. The van der Waals surface area contributed by atoms with Gasteiger partial charge in [0.15, 0.2) is 0 Å². The molecule has 2 aliphatic heterocycles. The lowest BCUT2D eigenvalue weighted by atomic mass is 9.94. The van der Waals surface area contributed by atoms with Crippen LogP contribution in [-0.2, 0) is 35.3 Å². The number of aromatic amines is 1. The molecule has 33 heavy (non-hydrogen) atoms. The minimum Gasteiger partial charge on any atom is -0.342 e. The number of nitrogens with zero attached hydrogens (tertiary/aromatic N) is 5. The van der Waals surface area contributed by atoms with Crippen molar-refractivity contribution in [2.24, 2.45) is 5.92 Å². The summed E-state index contributed by atoms with van der Waals surface area (Å²) < 4.78 is 0. The molecular weight excluding hydrogens is 416 g/mol. The zero-order chi connectivity index (χ0) is 22.5. The summed E-state index contributed by atoms with van der Waals surface area (Å²) in [6.07, 6.45) is 9.50. The molecule has 0 aromatic carbocycles. The fourth-order valence-corrected chi connectivity index (χ4v) is 5.66. The second-order valence-corrected chi connectivity index (χ2v) is 10.3. The maximum atomic E-state index is 13.0. The van der Waals surface area contributed by atoms with Gasteiger partial charge in [-0.2, -0.15) is 5.10 Å². The van der Waals surface area contributed by atoms with E-state index in [1.54, 1.807) is 0 Å². The molecule has 1 saturated heterocycles. The van der Waals surface area contributed by atoms with Gasteiger partial charge in [0.25, 0.3) is 0 Å². The summed E-state index contributed by atoms with van der Waals surface area (Å²) in [6, 6.07) is 0. The van der Waals surface area contributed by atoms with Gasteiger partial charge >= 0.3 is 0 Å². The second kappa shape index (κ2) is 8.22. The Hall–Kier alpha value is -2.77. The number of hydrogen-bond donors (Lipinski definition) is 1. The molecule has 8 nitrogen and oxygen atoms in total. The number of hydrogen-bond acceptors (Lipinski definition) is 5. The summed E-state index contributed by atoms with van der Waals surface area (Å²) in [6.45, 7) is 4.17. The Morgan fingerprint density at radius 3 is 2.82 bits per heavy atom. The number of carbonyl (C=O) groups excluding carboxylic acids is 2. The fraction of sp³-hybridized carbons (Fsp3) is 0.640. The minimum atomic E-state index is 0.134. The predicted molar refractivity (Wildman–Crippen MR) is 123 cm³/mol. The maximum absolute atomic E-state index is 13.0. The van der Waals surface area contributed by atoms with Crippen molar-refractivity contribution in [2.45, 2.75) is 77.0 Å². The molecule has 2 fully saturated rings. The van der Waals surface area contributed by atoms with Crippen molar-refractivity contribution in [1.82, 2.24) is 25.1 Å². The van der Waals surface area contributed by atoms with Crippen molar-refractivity contribution in [2.75, 3.05) is 24.5 Å². The summed E-state index contributed by atoms with van der Waals surface area (Å²) >= 11 is 0. The Morgan fingerprint density at radius 1 is 1.12 bits per heavy atom. The van der Waals surface area contributed by atoms with Gasteiger partial charge in [0.2, 0.25) is 11.8 Å². The van der Waals surface area contributed by atoms with E-state index in [2.05, 4.69) is 10.2 Å². The van der Waals surface area contributed by atoms with E-state index in [1.807, 2.05) is 16.7 Å². The van der Waals surface area contributed by atoms with Crippen molar-refractivity contribution in [3.05, 3.63) is 34.0 Å². The van der Waals surface area contributed by atoms with Crippen LogP contribution >= 0.6 is 0 Å². The van der Waals surface area contributed by atoms with Gasteiger partial charge in [0.1, 0.15) is 11.6 Å². The molecule has 8 heteroatoms. The highest BCUT2D eigenvalue weighted by molar-refractivity contribution is 6.00. The number of rotatable bonds is 6. The first kappa shape index (κ1) is 20.8. The zero-order valence-electron chi connectivity index (χ0n) is 19.4. The van der Waals surface area contributed by atoms with Gasteiger partial charge in [-0.15, -0.1) is 0 Å². The molecule has 174 valence electrons. The van der Waals surface area contributed by atoms with Crippen LogP contribution in [0.3, 0.4) is 0 Å². The van der Waals surface area contributed by atoms with Gasteiger partial charge in [-0.3, -0.25) is 19.6 Å². The maximum Gasteiger partial charge on any atom is 0.232 e. The van der Waals surface area contributed by atoms with E-state index in [9.17, 15) is 9.59 Å². The normalized spacial score (nSPS) is 22.1. The van der Waals surface area contributed by atoms with E-state index < -0.39 is 0 Å². The highest BCUT2D eigenvalue weighted by Gasteiger charge is 2.37. The molecule has 0 bridgehead atoms. The first-order chi connectivity index (χ1) is 16.1. The molecule has 4 aliphatic rings. The van der Waals surface area contributed by atoms with Crippen molar-refractivity contribution < 1.29 is 9.59 Å². The third-order valence-corrected chi connectivity index (χ3v) is 7.86. The minimum absolute atomic E-state index is 0.134. The lowest BCUT2D eigenvalue weighted by molar-refractivity contribution is -0.130. The number of amides is 2. The van der Waals surface area contributed by atoms with E-state index >= 15 is 0 Å². The van der Waals surface area contributed by atoms with Crippen LogP contribution in [0.2, 0.25) is 0 Å². The second-order valence-electron chi connectivity index (χ2n) is 10.3. The highest BCUT2D eigenvalue weighted by atomic mass is 16.2. The van der Waals surface area contributed by atoms with Crippen LogP contribution in [0.4, 0.5) is 5.82 Å². The van der Waals surface area contributed by atoms with Crippen LogP contribution < -0.4 is 4.90 Å². The number of carbonyl (C=O) groups is 2. The van der Waals surface area contributed by atoms with E-state index in [4.69, 9.17) is 9.97 Å². The Bertz CT molecular complexity index is 1100. The third-order valence-electron chi connectivity index (χ3n) is 7.86. The summed E-state index contributed by atoms with van der Waals surface area (Å²) in [5, 5.41) is 7.67. The molecule has 1 atom stereocenters. The van der Waals surface area contributed by atoms with Crippen LogP contribution in [0.1, 0.15) is 78.5 Å². The van der Waals surface area contributed by atoms with E-state index in [-0.39, 0.29) is 17.7 Å². The molecule has 0 radical (unpaired) electrons. The molecule has 0 spiro atoms. The third kappa shape index (κ3) is 3.93. The zero-order valence-corrected chi connectivity index (χ0v) is 19.4. The van der Waals surface area contributed by atoms with Crippen LogP contribution in [0.15, 0.2) is 0 Å². The molecule has 2 aliphatic carbocycles. The lowest BCUT2D eigenvalue weighted by Crippen LogP contribution is -2.30. The van der Waals surface area contributed by atoms with Gasteiger partial charge in [0.05, 0.1) is 12.1 Å². The van der Waals surface area contributed by atoms with Gasteiger partial charge in [-0.25, -0.2) is 9.97 Å². The van der Waals surface area contributed by atoms with Gasteiger partial charge in [-0.05, 0) is 63.4 Å². The molecule has 0 unspecified atom stereocenters. The average molecular weight is 449 g/mol. The van der Waals surface area contributed by atoms with Gasteiger partial charge in [-0.1, -0.05) is 0 Å². The van der Waals surface area contributed by atoms with Crippen molar-refractivity contribution in [3.8, 4) is 0 Å². The number of aryl methyl sites for hydroxylation is 3. The molecule has 1 N–H and O–H groups in total. The first-order valence-electron chi connectivity index (χ1n) is 12.6. The van der Waals surface area contributed by atoms with Gasteiger partial charge in [0, 0.05) is 55.3 Å². The molecule has 2 aromatic rings.